The standard InChI is InChI=1S/C17H34N2/c1-5-18-16-7-6-15(13(2)3)12-17(16)19-10-8-14(4)9-11-19/h13-18H,5-12H2,1-4H3. The summed E-state index contributed by atoms with van der Waals surface area (Å²) in [5.74, 6) is 2.74. The number of likely N-dealkylation sites (N-methyl/N-ethyl adjacent to an activating group) is 1. The first-order chi connectivity index (χ1) is 9.11. The summed E-state index contributed by atoms with van der Waals surface area (Å²) >= 11 is 0. The number of hydrogen-bond acceptors (Lipinski definition) is 2. The van der Waals surface area contributed by atoms with Crippen LogP contribution in [-0.4, -0.2) is 36.6 Å². The van der Waals surface area contributed by atoms with E-state index in [-0.39, 0.29) is 0 Å². The zero-order valence-electron chi connectivity index (χ0n) is 13.5. The Bertz CT molecular complexity index is 256. The van der Waals surface area contributed by atoms with Gasteiger partial charge in [-0.3, -0.25) is 4.90 Å². The van der Waals surface area contributed by atoms with Crippen molar-refractivity contribution < 1.29 is 0 Å². The molecule has 1 aliphatic carbocycles. The summed E-state index contributed by atoms with van der Waals surface area (Å²) in [5, 5.41) is 3.76. The first kappa shape index (κ1) is 15.3. The second kappa shape index (κ2) is 7.08. The molecule has 1 aliphatic heterocycles. The Morgan fingerprint density at radius 2 is 1.79 bits per heavy atom. The quantitative estimate of drug-likeness (QED) is 0.837. The normalized spacial score (nSPS) is 34.9. The van der Waals surface area contributed by atoms with Gasteiger partial charge in [-0.05, 0) is 69.5 Å². The molecular formula is C17H34N2. The van der Waals surface area contributed by atoms with Crippen molar-refractivity contribution in [3.63, 3.8) is 0 Å². The van der Waals surface area contributed by atoms with Gasteiger partial charge in [-0.2, -0.15) is 0 Å². The van der Waals surface area contributed by atoms with Crippen LogP contribution in [0.1, 0.15) is 59.8 Å². The second-order valence-electron chi connectivity index (χ2n) is 7.27. The summed E-state index contributed by atoms with van der Waals surface area (Å²) < 4.78 is 0. The van der Waals surface area contributed by atoms with Gasteiger partial charge < -0.3 is 5.32 Å². The summed E-state index contributed by atoms with van der Waals surface area (Å²) in [6, 6.07) is 1.54. The molecule has 3 atom stereocenters. The Hall–Kier alpha value is -0.0800. The molecule has 0 aromatic heterocycles. The molecule has 19 heavy (non-hydrogen) atoms. The molecule has 0 aromatic rings. The number of nitrogens with zero attached hydrogens (tertiary/aromatic N) is 1. The van der Waals surface area contributed by atoms with E-state index in [4.69, 9.17) is 0 Å². The van der Waals surface area contributed by atoms with E-state index in [1.54, 1.807) is 0 Å². The average Bonchev–Trinajstić information content (AvgIpc) is 2.40. The largest absolute Gasteiger partial charge is 0.313 e. The lowest BCUT2D eigenvalue weighted by Gasteiger charge is -2.46. The van der Waals surface area contributed by atoms with Crippen LogP contribution in [0.15, 0.2) is 0 Å². The van der Waals surface area contributed by atoms with E-state index in [0.717, 1.165) is 36.4 Å². The lowest BCUT2D eigenvalue weighted by Crippen LogP contribution is -2.55. The Morgan fingerprint density at radius 3 is 2.37 bits per heavy atom. The molecular weight excluding hydrogens is 232 g/mol. The van der Waals surface area contributed by atoms with Gasteiger partial charge in [0.1, 0.15) is 0 Å². The molecule has 0 bridgehead atoms. The van der Waals surface area contributed by atoms with Crippen LogP contribution in [0.2, 0.25) is 0 Å². The van der Waals surface area contributed by atoms with Crippen LogP contribution >= 0.6 is 0 Å². The lowest BCUT2D eigenvalue weighted by molar-refractivity contribution is 0.0583. The summed E-state index contributed by atoms with van der Waals surface area (Å²) in [5.41, 5.74) is 0. The third-order valence-corrected chi connectivity index (χ3v) is 5.55. The summed E-state index contributed by atoms with van der Waals surface area (Å²) in [6.07, 6.45) is 7.04. The fourth-order valence-corrected chi connectivity index (χ4v) is 4.05. The van der Waals surface area contributed by atoms with Gasteiger partial charge in [0.05, 0.1) is 0 Å². The zero-order chi connectivity index (χ0) is 13.8. The number of likely N-dealkylation sites (tertiary alicyclic amines) is 1. The van der Waals surface area contributed by atoms with Gasteiger partial charge in [-0.15, -0.1) is 0 Å². The van der Waals surface area contributed by atoms with Crippen LogP contribution in [0.3, 0.4) is 0 Å². The molecule has 112 valence electrons. The van der Waals surface area contributed by atoms with Crippen molar-refractivity contribution in [1.82, 2.24) is 10.2 Å². The van der Waals surface area contributed by atoms with E-state index >= 15 is 0 Å². The monoisotopic (exact) mass is 266 g/mol. The summed E-state index contributed by atoms with van der Waals surface area (Å²) in [6.45, 7) is 13.3. The zero-order valence-corrected chi connectivity index (χ0v) is 13.5. The molecule has 2 fully saturated rings. The van der Waals surface area contributed by atoms with E-state index in [0.29, 0.717) is 0 Å². The number of nitrogens with one attached hydrogen (secondary N) is 1. The highest BCUT2D eigenvalue weighted by atomic mass is 15.2. The highest BCUT2D eigenvalue weighted by Gasteiger charge is 2.35. The van der Waals surface area contributed by atoms with E-state index in [9.17, 15) is 0 Å². The van der Waals surface area contributed by atoms with E-state index in [1.807, 2.05) is 0 Å². The number of rotatable bonds is 4. The number of piperidine rings is 1. The Balaban J connectivity index is 1.98. The predicted molar refractivity (Wildman–Crippen MR) is 83.4 cm³/mol. The molecule has 0 radical (unpaired) electrons. The van der Waals surface area contributed by atoms with Crippen molar-refractivity contribution in [3.05, 3.63) is 0 Å². The minimum atomic E-state index is 0.744. The summed E-state index contributed by atoms with van der Waals surface area (Å²) in [7, 11) is 0. The minimum absolute atomic E-state index is 0.744. The molecule has 0 aromatic carbocycles. The van der Waals surface area contributed by atoms with Crippen molar-refractivity contribution in [1.29, 1.82) is 0 Å². The summed E-state index contributed by atoms with van der Waals surface area (Å²) in [4.78, 5) is 2.81. The van der Waals surface area contributed by atoms with Crippen LogP contribution in [0.25, 0.3) is 0 Å². The van der Waals surface area contributed by atoms with Crippen molar-refractivity contribution in [2.24, 2.45) is 17.8 Å². The third kappa shape index (κ3) is 3.95. The smallest absolute Gasteiger partial charge is 0.0252 e. The fourth-order valence-electron chi connectivity index (χ4n) is 4.05. The van der Waals surface area contributed by atoms with Crippen LogP contribution in [0.4, 0.5) is 0 Å². The SMILES string of the molecule is CCNC1CCC(C(C)C)CC1N1CCC(C)CC1. The average molecular weight is 266 g/mol. The highest BCUT2D eigenvalue weighted by molar-refractivity contribution is 4.93. The minimum Gasteiger partial charge on any atom is -0.313 e. The molecule has 1 saturated carbocycles. The molecule has 2 heteroatoms. The van der Waals surface area contributed by atoms with Crippen molar-refractivity contribution in [3.8, 4) is 0 Å². The van der Waals surface area contributed by atoms with Crippen LogP contribution in [0, 0.1) is 17.8 Å². The fraction of sp³-hybridized carbons (Fsp3) is 1.00. The van der Waals surface area contributed by atoms with Crippen molar-refractivity contribution in [2.45, 2.75) is 71.9 Å². The van der Waals surface area contributed by atoms with Crippen molar-refractivity contribution >= 4 is 0 Å². The van der Waals surface area contributed by atoms with E-state index in [2.05, 4.69) is 37.9 Å². The van der Waals surface area contributed by atoms with Crippen LogP contribution in [-0.2, 0) is 0 Å². The highest BCUT2D eigenvalue weighted by Crippen LogP contribution is 2.34. The molecule has 0 spiro atoms. The predicted octanol–water partition coefficient (Wildman–Crippen LogP) is 3.52. The van der Waals surface area contributed by atoms with Gasteiger partial charge in [0.2, 0.25) is 0 Å². The maximum atomic E-state index is 3.76. The molecule has 1 N–H and O–H groups in total. The molecule has 1 saturated heterocycles. The van der Waals surface area contributed by atoms with Crippen LogP contribution in [0.5, 0.6) is 0 Å². The first-order valence-corrected chi connectivity index (χ1v) is 8.59. The molecule has 0 amide bonds. The third-order valence-electron chi connectivity index (χ3n) is 5.55. The Kier molecular flexibility index (Phi) is 5.70. The molecule has 1 heterocycles. The van der Waals surface area contributed by atoms with Gasteiger partial charge in [0, 0.05) is 12.1 Å². The molecule has 2 aliphatic rings. The van der Waals surface area contributed by atoms with Gasteiger partial charge in [-0.25, -0.2) is 0 Å². The van der Waals surface area contributed by atoms with Gasteiger partial charge in [-0.1, -0.05) is 27.7 Å². The lowest BCUT2D eigenvalue weighted by atomic mass is 9.75. The van der Waals surface area contributed by atoms with Gasteiger partial charge in [0.25, 0.3) is 0 Å². The number of hydrogen-bond donors (Lipinski definition) is 1. The second-order valence-corrected chi connectivity index (χ2v) is 7.27. The van der Waals surface area contributed by atoms with Gasteiger partial charge in [0.15, 0.2) is 0 Å². The topological polar surface area (TPSA) is 15.3 Å². The Morgan fingerprint density at radius 1 is 1.11 bits per heavy atom. The first-order valence-electron chi connectivity index (χ1n) is 8.59. The van der Waals surface area contributed by atoms with Crippen molar-refractivity contribution in [2.75, 3.05) is 19.6 Å². The van der Waals surface area contributed by atoms with E-state index < -0.39 is 0 Å². The molecule has 2 nitrogen and oxygen atoms in total. The van der Waals surface area contributed by atoms with Gasteiger partial charge >= 0.3 is 0 Å². The van der Waals surface area contributed by atoms with Crippen LogP contribution < -0.4 is 5.32 Å². The maximum absolute atomic E-state index is 3.76. The van der Waals surface area contributed by atoms with E-state index in [1.165, 1.54) is 45.2 Å². The maximum Gasteiger partial charge on any atom is 0.0252 e. The molecule has 2 rings (SSSR count). The Labute approximate surface area is 120 Å². The molecule has 3 unspecified atom stereocenters.